The molecular weight excluding hydrogens is 212 g/mol. The molecule has 1 aliphatic rings. The molecular formula is C14H22N2O. The van der Waals surface area contributed by atoms with E-state index in [0.717, 1.165) is 25.4 Å². The van der Waals surface area contributed by atoms with Crippen LogP contribution in [-0.2, 0) is 0 Å². The van der Waals surface area contributed by atoms with E-state index in [1.54, 1.807) is 7.11 Å². The predicted octanol–water partition coefficient (Wildman–Crippen LogP) is 2.15. The average Bonchev–Trinajstić information content (AvgIpc) is 2.55. The second kappa shape index (κ2) is 5.41. The third-order valence-corrected chi connectivity index (χ3v) is 3.48. The fourth-order valence-electron chi connectivity index (χ4n) is 2.34. The SMILES string of the molecule is COc1ccc(C)c(N2CCCN(C)CC2)c1. The van der Waals surface area contributed by atoms with Crippen molar-refractivity contribution in [3.8, 4) is 5.75 Å². The molecule has 0 unspecified atom stereocenters. The molecule has 1 aliphatic heterocycles. The maximum absolute atomic E-state index is 5.32. The van der Waals surface area contributed by atoms with Crippen LogP contribution in [-0.4, -0.2) is 45.2 Å². The van der Waals surface area contributed by atoms with Gasteiger partial charge in [0.15, 0.2) is 0 Å². The second-order valence-electron chi connectivity index (χ2n) is 4.80. The molecule has 94 valence electrons. The standard InChI is InChI=1S/C14H22N2O/c1-12-5-6-13(17-3)11-14(12)16-8-4-7-15(2)9-10-16/h5-6,11H,4,7-10H2,1-3H3. The van der Waals surface area contributed by atoms with Crippen LogP contribution in [0.3, 0.4) is 0 Å². The van der Waals surface area contributed by atoms with Crippen LogP contribution in [0.2, 0.25) is 0 Å². The predicted molar refractivity (Wildman–Crippen MR) is 72.1 cm³/mol. The highest BCUT2D eigenvalue weighted by Gasteiger charge is 2.14. The third-order valence-electron chi connectivity index (χ3n) is 3.48. The number of aryl methyl sites for hydroxylation is 1. The van der Waals surface area contributed by atoms with Crippen LogP contribution in [0.5, 0.6) is 5.75 Å². The van der Waals surface area contributed by atoms with Gasteiger partial charge in [0.05, 0.1) is 7.11 Å². The monoisotopic (exact) mass is 234 g/mol. The fourth-order valence-corrected chi connectivity index (χ4v) is 2.34. The molecule has 3 nitrogen and oxygen atoms in total. The highest BCUT2D eigenvalue weighted by Crippen LogP contribution is 2.26. The summed E-state index contributed by atoms with van der Waals surface area (Å²) in [5.41, 5.74) is 2.65. The first-order valence-electron chi connectivity index (χ1n) is 6.29. The van der Waals surface area contributed by atoms with Gasteiger partial charge in [-0.05, 0) is 38.6 Å². The third kappa shape index (κ3) is 2.91. The molecule has 1 fully saturated rings. The first-order chi connectivity index (χ1) is 8.20. The minimum absolute atomic E-state index is 0.947. The number of hydrogen-bond donors (Lipinski definition) is 0. The Kier molecular flexibility index (Phi) is 3.89. The van der Waals surface area contributed by atoms with Gasteiger partial charge < -0.3 is 14.5 Å². The summed E-state index contributed by atoms with van der Waals surface area (Å²) < 4.78 is 5.32. The maximum Gasteiger partial charge on any atom is 0.120 e. The van der Waals surface area contributed by atoms with E-state index in [0.29, 0.717) is 0 Å². The molecule has 0 saturated carbocycles. The molecule has 0 spiro atoms. The molecule has 0 amide bonds. The summed E-state index contributed by atoms with van der Waals surface area (Å²) >= 11 is 0. The smallest absolute Gasteiger partial charge is 0.120 e. The Balaban J connectivity index is 2.20. The summed E-state index contributed by atoms with van der Waals surface area (Å²) in [5, 5.41) is 0. The van der Waals surface area contributed by atoms with E-state index in [1.165, 1.54) is 24.2 Å². The Hall–Kier alpha value is -1.22. The number of benzene rings is 1. The van der Waals surface area contributed by atoms with Gasteiger partial charge in [-0.3, -0.25) is 0 Å². The van der Waals surface area contributed by atoms with Crippen LogP contribution in [0.15, 0.2) is 18.2 Å². The molecule has 1 heterocycles. The number of likely N-dealkylation sites (N-methyl/N-ethyl adjacent to an activating group) is 1. The topological polar surface area (TPSA) is 15.7 Å². The van der Waals surface area contributed by atoms with Crippen LogP contribution >= 0.6 is 0 Å². The zero-order valence-corrected chi connectivity index (χ0v) is 11.1. The normalized spacial score (nSPS) is 17.9. The molecule has 2 rings (SSSR count). The van der Waals surface area contributed by atoms with E-state index in [9.17, 15) is 0 Å². The molecule has 0 aliphatic carbocycles. The van der Waals surface area contributed by atoms with Crippen LogP contribution in [0, 0.1) is 6.92 Å². The summed E-state index contributed by atoms with van der Waals surface area (Å²) in [6.07, 6.45) is 1.23. The molecule has 0 N–H and O–H groups in total. The van der Waals surface area contributed by atoms with Gasteiger partial charge in [-0.25, -0.2) is 0 Å². The van der Waals surface area contributed by atoms with Crippen molar-refractivity contribution in [1.29, 1.82) is 0 Å². The van der Waals surface area contributed by atoms with Crippen molar-refractivity contribution in [2.24, 2.45) is 0 Å². The lowest BCUT2D eigenvalue weighted by atomic mass is 10.1. The van der Waals surface area contributed by atoms with Crippen molar-refractivity contribution in [3.63, 3.8) is 0 Å². The van der Waals surface area contributed by atoms with E-state index < -0.39 is 0 Å². The average molecular weight is 234 g/mol. The summed E-state index contributed by atoms with van der Waals surface area (Å²) in [7, 11) is 3.92. The van der Waals surface area contributed by atoms with Gasteiger partial charge in [0.25, 0.3) is 0 Å². The van der Waals surface area contributed by atoms with Crippen molar-refractivity contribution in [3.05, 3.63) is 23.8 Å². The van der Waals surface area contributed by atoms with Gasteiger partial charge in [-0.15, -0.1) is 0 Å². The van der Waals surface area contributed by atoms with Gasteiger partial charge in [0.2, 0.25) is 0 Å². The van der Waals surface area contributed by atoms with Crippen molar-refractivity contribution >= 4 is 5.69 Å². The Labute approximate surface area is 104 Å². The minimum atomic E-state index is 0.947. The molecule has 0 bridgehead atoms. The second-order valence-corrected chi connectivity index (χ2v) is 4.80. The van der Waals surface area contributed by atoms with Crippen LogP contribution < -0.4 is 9.64 Å². The number of methoxy groups -OCH3 is 1. The summed E-state index contributed by atoms with van der Waals surface area (Å²) in [5.74, 6) is 0.947. The number of rotatable bonds is 2. The Bertz CT molecular complexity index is 378. The summed E-state index contributed by atoms with van der Waals surface area (Å²) in [6, 6.07) is 6.33. The highest BCUT2D eigenvalue weighted by atomic mass is 16.5. The van der Waals surface area contributed by atoms with E-state index >= 15 is 0 Å². The lowest BCUT2D eigenvalue weighted by molar-refractivity contribution is 0.360. The van der Waals surface area contributed by atoms with Gasteiger partial charge in [0, 0.05) is 31.4 Å². The zero-order valence-electron chi connectivity index (χ0n) is 11.1. The van der Waals surface area contributed by atoms with Crippen molar-refractivity contribution in [2.75, 3.05) is 45.2 Å². The quantitative estimate of drug-likeness (QED) is 0.780. The van der Waals surface area contributed by atoms with Crippen LogP contribution in [0.1, 0.15) is 12.0 Å². The van der Waals surface area contributed by atoms with Crippen molar-refractivity contribution in [2.45, 2.75) is 13.3 Å². The van der Waals surface area contributed by atoms with Crippen LogP contribution in [0.4, 0.5) is 5.69 Å². The molecule has 0 radical (unpaired) electrons. The zero-order chi connectivity index (χ0) is 12.3. The van der Waals surface area contributed by atoms with Crippen molar-refractivity contribution in [1.82, 2.24) is 4.90 Å². The number of nitrogens with zero attached hydrogens (tertiary/aromatic N) is 2. The number of ether oxygens (including phenoxy) is 1. The molecule has 1 aromatic carbocycles. The van der Waals surface area contributed by atoms with E-state index in [2.05, 4.69) is 35.9 Å². The van der Waals surface area contributed by atoms with E-state index in [-0.39, 0.29) is 0 Å². The van der Waals surface area contributed by atoms with Gasteiger partial charge in [-0.2, -0.15) is 0 Å². The van der Waals surface area contributed by atoms with Crippen LogP contribution in [0.25, 0.3) is 0 Å². The summed E-state index contributed by atoms with van der Waals surface area (Å²) in [4.78, 5) is 4.87. The van der Waals surface area contributed by atoms with Gasteiger partial charge in [0.1, 0.15) is 5.75 Å². The molecule has 3 heteroatoms. The van der Waals surface area contributed by atoms with E-state index in [1.807, 2.05) is 6.07 Å². The minimum Gasteiger partial charge on any atom is -0.497 e. The first-order valence-corrected chi connectivity index (χ1v) is 6.29. The largest absolute Gasteiger partial charge is 0.497 e. The van der Waals surface area contributed by atoms with Crippen molar-refractivity contribution < 1.29 is 4.74 Å². The molecule has 1 aromatic rings. The highest BCUT2D eigenvalue weighted by molar-refractivity contribution is 5.56. The molecule has 0 atom stereocenters. The maximum atomic E-state index is 5.32. The lowest BCUT2D eigenvalue weighted by Gasteiger charge is -2.25. The molecule has 0 aromatic heterocycles. The summed E-state index contributed by atoms with van der Waals surface area (Å²) in [6.45, 7) is 6.74. The molecule has 17 heavy (non-hydrogen) atoms. The number of anilines is 1. The Morgan fingerprint density at radius 1 is 1.12 bits per heavy atom. The van der Waals surface area contributed by atoms with E-state index in [4.69, 9.17) is 4.74 Å². The Morgan fingerprint density at radius 2 is 1.94 bits per heavy atom. The fraction of sp³-hybridized carbons (Fsp3) is 0.571. The first kappa shape index (κ1) is 12.2. The van der Waals surface area contributed by atoms with Gasteiger partial charge >= 0.3 is 0 Å². The number of hydrogen-bond acceptors (Lipinski definition) is 3. The van der Waals surface area contributed by atoms with Gasteiger partial charge in [-0.1, -0.05) is 6.07 Å². The Morgan fingerprint density at radius 3 is 2.71 bits per heavy atom. The lowest BCUT2D eigenvalue weighted by Crippen LogP contribution is -2.29. The molecule has 1 saturated heterocycles.